The van der Waals surface area contributed by atoms with Crippen molar-refractivity contribution in [1.82, 2.24) is 35.2 Å². The molecule has 6 rings (SSSR count). The van der Waals surface area contributed by atoms with Crippen LogP contribution in [0, 0.1) is 0 Å². The summed E-state index contributed by atoms with van der Waals surface area (Å²) in [6, 6.07) is 13.3. The molecule has 0 saturated heterocycles. The summed E-state index contributed by atoms with van der Waals surface area (Å²) >= 11 is 0. The van der Waals surface area contributed by atoms with Gasteiger partial charge in [0.1, 0.15) is 11.6 Å². The van der Waals surface area contributed by atoms with E-state index in [1.54, 1.807) is 24.8 Å². The highest BCUT2D eigenvalue weighted by Crippen LogP contribution is 2.33. The van der Waals surface area contributed by atoms with Crippen LogP contribution < -0.4 is 15.8 Å². The van der Waals surface area contributed by atoms with Crippen molar-refractivity contribution in [2.45, 2.75) is 31.1 Å². The van der Waals surface area contributed by atoms with E-state index < -0.39 is 24.3 Å². The predicted octanol–water partition coefficient (Wildman–Crippen LogP) is 4.28. The number of halogens is 6. The van der Waals surface area contributed by atoms with E-state index in [9.17, 15) is 31.1 Å². The lowest BCUT2D eigenvalue weighted by atomic mass is 9.94. The van der Waals surface area contributed by atoms with Gasteiger partial charge in [0.05, 0.1) is 35.6 Å². The predicted molar refractivity (Wildman–Crippen MR) is 162 cm³/mol. The summed E-state index contributed by atoms with van der Waals surface area (Å²) < 4.78 is 69.5. The number of aliphatic carboxylic acids is 2. The molecule has 2 aromatic carbocycles. The molecular weight excluding hydrogens is 682 g/mol. The van der Waals surface area contributed by atoms with Gasteiger partial charge in [0, 0.05) is 42.2 Å². The van der Waals surface area contributed by atoms with Crippen LogP contribution in [-0.4, -0.2) is 83.5 Å². The summed E-state index contributed by atoms with van der Waals surface area (Å²) in [6.07, 6.45) is -3.72. The number of fused-ring (bicyclic) bond motifs is 2. The molecule has 20 heteroatoms. The number of aromatic amines is 2. The maximum absolute atomic E-state index is 12.7. The largest absolute Gasteiger partial charge is 0.493 e. The van der Waals surface area contributed by atoms with Gasteiger partial charge >= 0.3 is 24.3 Å². The van der Waals surface area contributed by atoms with Crippen LogP contribution >= 0.6 is 0 Å². The van der Waals surface area contributed by atoms with Crippen molar-refractivity contribution in [2.24, 2.45) is 0 Å². The number of aromatic nitrogens is 6. The number of nitrogen functional groups attached to an aromatic ring is 1. The number of nitrogens with one attached hydrogen (secondary N) is 3. The highest BCUT2D eigenvalue weighted by molar-refractivity contribution is 5.94. The minimum Gasteiger partial charge on any atom is -0.493 e. The molecule has 1 aliphatic rings. The number of benzene rings is 2. The lowest BCUT2D eigenvalue weighted by Crippen LogP contribution is -2.26. The molecule has 1 unspecified atom stereocenters. The lowest BCUT2D eigenvalue weighted by molar-refractivity contribution is -0.193. The van der Waals surface area contributed by atoms with E-state index in [0.29, 0.717) is 25.1 Å². The number of carboxylic acid groups (broad SMARTS) is 2. The number of carbonyl (C=O) groups is 3. The number of nitrogens with two attached hydrogens (primary N) is 1. The number of carboxylic acids is 2. The van der Waals surface area contributed by atoms with Crippen LogP contribution in [0.25, 0.3) is 22.3 Å². The smallest absolute Gasteiger partial charge is 0.490 e. The zero-order valence-corrected chi connectivity index (χ0v) is 25.3. The van der Waals surface area contributed by atoms with Gasteiger partial charge in [-0.1, -0.05) is 6.07 Å². The Morgan fingerprint density at radius 2 is 1.68 bits per heavy atom. The maximum atomic E-state index is 12.7. The van der Waals surface area contributed by atoms with Gasteiger partial charge in [0.2, 0.25) is 5.95 Å². The fourth-order valence-corrected chi connectivity index (χ4v) is 4.46. The summed E-state index contributed by atoms with van der Waals surface area (Å²) in [4.78, 5) is 54.0. The van der Waals surface area contributed by atoms with Gasteiger partial charge in [-0.2, -0.15) is 26.3 Å². The molecule has 0 bridgehead atoms. The number of imidazole rings is 2. The number of rotatable bonds is 6. The highest BCUT2D eigenvalue weighted by Gasteiger charge is 2.39. The number of ether oxygens (including phenoxy) is 1. The summed E-state index contributed by atoms with van der Waals surface area (Å²) in [5.41, 5.74) is 11.8. The Hall–Kier alpha value is -6.21. The topological polar surface area (TPSA) is 222 Å². The van der Waals surface area contributed by atoms with Crippen molar-refractivity contribution in [3.63, 3.8) is 0 Å². The second-order valence-electron chi connectivity index (χ2n) is 10.4. The van der Waals surface area contributed by atoms with Crippen molar-refractivity contribution in [3.8, 4) is 17.0 Å². The van der Waals surface area contributed by atoms with Crippen molar-refractivity contribution < 1.29 is 55.7 Å². The zero-order chi connectivity index (χ0) is 36.6. The number of alkyl halides is 6. The molecule has 1 amide bonds. The number of amides is 1. The lowest BCUT2D eigenvalue weighted by Gasteiger charge is -2.24. The van der Waals surface area contributed by atoms with E-state index in [-0.39, 0.29) is 17.8 Å². The monoisotopic (exact) mass is 708 g/mol. The number of carbonyl (C=O) groups excluding carboxylic acids is 1. The van der Waals surface area contributed by atoms with Gasteiger partial charge in [0.15, 0.2) is 0 Å². The first-order valence-electron chi connectivity index (χ1n) is 14.2. The molecule has 0 saturated carbocycles. The summed E-state index contributed by atoms with van der Waals surface area (Å²) in [7, 11) is 0. The second-order valence-corrected chi connectivity index (χ2v) is 10.4. The molecular formula is C30H26F6N8O6. The standard InChI is InChI=1S/C26H24N8O2.2C2HF3O2/c27-26-30-8-6-20(34-26)15-1-3-21-22(11-15)33-24(32-21)18-10-17-9-16(2-4-23(17)36-13-18)25(35)29-7-5-19-12-28-14-31-19;2*3-2(4,5)1(6)7/h1-4,6,8-9,11-12,14,18H,5,7,10,13H2,(H,28,31)(H,29,35)(H,32,33)(H2,27,30,34);2*(H,6,7). The molecule has 1 aliphatic heterocycles. The summed E-state index contributed by atoms with van der Waals surface area (Å²) in [5.74, 6) is -3.69. The zero-order valence-electron chi connectivity index (χ0n) is 25.3. The molecule has 5 aromatic rings. The van der Waals surface area contributed by atoms with Crippen LogP contribution in [0.5, 0.6) is 5.75 Å². The van der Waals surface area contributed by atoms with Crippen molar-refractivity contribution in [1.29, 1.82) is 0 Å². The molecule has 7 N–H and O–H groups in total. The first kappa shape index (κ1) is 36.6. The van der Waals surface area contributed by atoms with Crippen LogP contribution in [-0.2, 0) is 22.4 Å². The summed E-state index contributed by atoms with van der Waals surface area (Å²) in [5, 5.41) is 17.2. The van der Waals surface area contributed by atoms with Crippen LogP contribution in [0.2, 0.25) is 0 Å². The van der Waals surface area contributed by atoms with E-state index in [1.165, 1.54) is 0 Å². The molecule has 50 heavy (non-hydrogen) atoms. The normalized spacial score (nSPS) is 13.8. The van der Waals surface area contributed by atoms with Gasteiger partial charge in [-0.15, -0.1) is 0 Å². The van der Waals surface area contributed by atoms with E-state index in [4.69, 9.17) is 35.3 Å². The fraction of sp³-hybridized carbons (Fsp3) is 0.233. The quantitative estimate of drug-likeness (QED) is 0.137. The van der Waals surface area contributed by atoms with Crippen molar-refractivity contribution >= 4 is 34.8 Å². The molecule has 14 nitrogen and oxygen atoms in total. The maximum Gasteiger partial charge on any atom is 0.490 e. The molecule has 0 fully saturated rings. The number of nitrogens with zero attached hydrogens (tertiary/aromatic N) is 4. The minimum absolute atomic E-state index is 0.0433. The van der Waals surface area contributed by atoms with Crippen LogP contribution in [0.4, 0.5) is 32.3 Å². The Balaban J connectivity index is 0.000000340. The Morgan fingerprint density at radius 1 is 0.980 bits per heavy atom. The van der Waals surface area contributed by atoms with E-state index in [0.717, 1.165) is 51.5 Å². The fourth-order valence-electron chi connectivity index (χ4n) is 4.46. The van der Waals surface area contributed by atoms with Gasteiger partial charge in [-0.25, -0.2) is 29.5 Å². The third-order valence-corrected chi connectivity index (χ3v) is 6.81. The van der Waals surface area contributed by atoms with Gasteiger partial charge in [-0.3, -0.25) is 4.79 Å². The number of anilines is 1. The van der Waals surface area contributed by atoms with Gasteiger partial charge in [-0.05, 0) is 48.4 Å². The third kappa shape index (κ3) is 9.90. The molecule has 0 spiro atoms. The Kier molecular flexibility index (Phi) is 11.2. The van der Waals surface area contributed by atoms with Crippen molar-refractivity contribution in [2.75, 3.05) is 18.9 Å². The first-order chi connectivity index (χ1) is 23.5. The highest BCUT2D eigenvalue weighted by atomic mass is 19.4. The number of H-pyrrole nitrogens is 2. The average Bonchev–Trinajstić information content (AvgIpc) is 3.74. The molecule has 3 aromatic heterocycles. The van der Waals surface area contributed by atoms with E-state index in [1.807, 2.05) is 36.4 Å². The van der Waals surface area contributed by atoms with Crippen LogP contribution in [0.15, 0.2) is 61.2 Å². The third-order valence-electron chi connectivity index (χ3n) is 6.81. The molecule has 0 aliphatic carbocycles. The van der Waals surface area contributed by atoms with Gasteiger partial charge < -0.3 is 36.0 Å². The van der Waals surface area contributed by atoms with Gasteiger partial charge in [0.25, 0.3) is 5.91 Å². The SMILES string of the molecule is Nc1nccc(-c2ccc3nc(C4COc5ccc(C(=O)NCCc6cnc[nH]6)cc5C4)[nH]c3c2)n1.O=C(O)C(F)(F)F.O=C(O)C(F)(F)F. The van der Waals surface area contributed by atoms with Crippen LogP contribution in [0.1, 0.15) is 33.4 Å². The second kappa shape index (κ2) is 15.3. The van der Waals surface area contributed by atoms with E-state index in [2.05, 4.69) is 30.2 Å². The molecule has 0 radical (unpaired) electrons. The Morgan fingerprint density at radius 3 is 2.30 bits per heavy atom. The molecule has 264 valence electrons. The van der Waals surface area contributed by atoms with Crippen LogP contribution in [0.3, 0.4) is 0 Å². The number of hydrogen-bond acceptors (Lipinski definition) is 9. The number of hydrogen-bond donors (Lipinski definition) is 6. The first-order valence-corrected chi connectivity index (χ1v) is 14.2. The Labute approximate surface area is 276 Å². The van der Waals surface area contributed by atoms with E-state index >= 15 is 0 Å². The average molecular weight is 709 g/mol. The molecule has 4 heterocycles. The summed E-state index contributed by atoms with van der Waals surface area (Å²) in [6.45, 7) is 1.04. The Bertz CT molecular complexity index is 1940. The molecule has 1 atom stereocenters. The minimum atomic E-state index is -5.08. The van der Waals surface area contributed by atoms with Crippen molar-refractivity contribution in [3.05, 3.63) is 83.8 Å².